The summed E-state index contributed by atoms with van der Waals surface area (Å²) in [5.41, 5.74) is 4.76. The largest absolute Gasteiger partial charge is 0.491 e. The molecule has 1 aromatic heterocycles. The van der Waals surface area contributed by atoms with Crippen LogP contribution in [0.1, 0.15) is 39.9 Å². The lowest BCUT2D eigenvalue weighted by atomic mass is 9.99. The molecule has 2 aliphatic rings. The van der Waals surface area contributed by atoms with E-state index in [2.05, 4.69) is 39.5 Å². The summed E-state index contributed by atoms with van der Waals surface area (Å²) in [6, 6.07) is 18.4. The Hall–Kier alpha value is -3.26. The maximum atomic E-state index is 12.9. The predicted molar refractivity (Wildman–Crippen MR) is 138 cm³/mol. The van der Waals surface area contributed by atoms with Crippen molar-refractivity contribution in [3.05, 3.63) is 89.2 Å². The lowest BCUT2D eigenvalue weighted by molar-refractivity contribution is 0.0133. The molecule has 1 amide bonds. The molecule has 2 bridgehead atoms. The topological polar surface area (TPSA) is 72.9 Å². The first-order chi connectivity index (χ1) is 17.7. The van der Waals surface area contributed by atoms with Crippen molar-refractivity contribution in [2.45, 2.75) is 31.8 Å². The summed E-state index contributed by atoms with van der Waals surface area (Å²) in [6.45, 7) is 5.08. The van der Waals surface area contributed by atoms with Gasteiger partial charge in [-0.05, 0) is 59.9 Å². The molecule has 0 atom stereocenters. The number of anilines is 1. The first kappa shape index (κ1) is 24.4. The van der Waals surface area contributed by atoms with Gasteiger partial charge in [0.05, 0.1) is 13.2 Å². The molecule has 5 rings (SSSR count). The zero-order valence-electron chi connectivity index (χ0n) is 20.5. The summed E-state index contributed by atoms with van der Waals surface area (Å²) in [7, 11) is 0. The van der Waals surface area contributed by atoms with Crippen molar-refractivity contribution in [3.8, 4) is 5.75 Å². The van der Waals surface area contributed by atoms with Crippen LogP contribution in [0.15, 0.2) is 67.0 Å². The maximum Gasteiger partial charge on any atom is 0.255 e. The van der Waals surface area contributed by atoms with Gasteiger partial charge < -0.3 is 19.5 Å². The highest BCUT2D eigenvalue weighted by Gasteiger charge is 2.22. The van der Waals surface area contributed by atoms with E-state index in [9.17, 15) is 4.79 Å². The molecule has 7 nitrogen and oxygen atoms in total. The molecule has 0 saturated carbocycles. The van der Waals surface area contributed by atoms with E-state index in [0.29, 0.717) is 43.5 Å². The Balaban J connectivity index is 1.38. The number of carbonyl (C=O) groups is 1. The smallest absolute Gasteiger partial charge is 0.255 e. The van der Waals surface area contributed by atoms with E-state index in [1.807, 2.05) is 18.2 Å². The number of carbonyl (C=O) groups excluding carboxylic acids is 1. The minimum atomic E-state index is -0.160. The summed E-state index contributed by atoms with van der Waals surface area (Å²) in [6.07, 6.45) is 6.11. The van der Waals surface area contributed by atoms with Crippen LogP contribution in [0.4, 0.5) is 5.69 Å². The van der Waals surface area contributed by atoms with Crippen molar-refractivity contribution in [2.24, 2.45) is 0 Å². The number of aromatic nitrogens is 1. The second kappa shape index (κ2) is 12.1. The molecule has 36 heavy (non-hydrogen) atoms. The van der Waals surface area contributed by atoms with E-state index in [0.717, 1.165) is 50.5 Å². The van der Waals surface area contributed by atoms with Crippen molar-refractivity contribution in [3.63, 3.8) is 0 Å². The molecule has 0 spiro atoms. The SMILES string of the molecule is O=C(Nc1ccncc1)c1ccc2c(c1)Cc1cccc(c1)CN(C1CCOCC1)CCOCCO2. The summed E-state index contributed by atoms with van der Waals surface area (Å²) in [5.74, 6) is 0.623. The van der Waals surface area contributed by atoms with E-state index < -0.39 is 0 Å². The minimum Gasteiger partial charge on any atom is -0.491 e. The molecule has 2 aromatic carbocycles. The molecule has 3 heterocycles. The number of hydrogen-bond donors (Lipinski definition) is 1. The van der Waals surface area contributed by atoms with Gasteiger partial charge in [-0.3, -0.25) is 14.7 Å². The van der Waals surface area contributed by atoms with Gasteiger partial charge in [-0.25, -0.2) is 0 Å². The molecular formula is C29H33N3O4. The molecule has 0 aliphatic carbocycles. The Labute approximate surface area is 212 Å². The third kappa shape index (κ3) is 6.49. The van der Waals surface area contributed by atoms with Gasteiger partial charge in [0.25, 0.3) is 5.91 Å². The molecule has 2 aliphatic heterocycles. The molecule has 1 saturated heterocycles. The fourth-order valence-corrected chi connectivity index (χ4v) is 4.87. The van der Waals surface area contributed by atoms with Gasteiger partial charge in [-0.2, -0.15) is 0 Å². The zero-order valence-corrected chi connectivity index (χ0v) is 20.5. The van der Waals surface area contributed by atoms with Crippen LogP contribution < -0.4 is 10.1 Å². The first-order valence-electron chi connectivity index (χ1n) is 12.7. The highest BCUT2D eigenvalue weighted by atomic mass is 16.5. The fraction of sp³-hybridized carbons (Fsp3) is 0.379. The second-order valence-electron chi connectivity index (χ2n) is 9.28. The van der Waals surface area contributed by atoms with Crippen LogP contribution in [0.25, 0.3) is 0 Å². The van der Waals surface area contributed by atoms with Crippen LogP contribution in [0.3, 0.4) is 0 Å². The van der Waals surface area contributed by atoms with Gasteiger partial charge in [0.1, 0.15) is 12.4 Å². The van der Waals surface area contributed by atoms with Gasteiger partial charge in [0.2, 0.25) is 0 Å². The van der Waals surface area contributed by atoms with E-state index in [-0.39, 0.29) is 5.91 Å². The van der Waals surface area contributed by atoms with Crippen molar-refractivity contribution in [1.29, 1.82) is 0 Å². The number of pyridine rings is 1. The Morgan fingerprint density at radius 2 is 1.69 bits per heavy atom. The van der Waals surface area contributed by atoms with Crippen molar-refractivity contribution >= 4 is 11.6 Å². The van der Waals surface area contributed by atoms with Gasteiger partial charge in [0, 0.05) is 62.4 Å². The molecule has 3 aromatic rings. The van der Waals surface area contributed by atoms with Gasteiger partial charge in [-0.1, -0.05) is 24.3 Å². The van der Waals surface area contributed by atoms with Gasteiger partial charge in [0.15, 0.2) is 0 Å². The normalized spacial score (nSPS) is 17.9. The van der Waals surface area contributed by atoms with Crippen molar-refractivity contribution < 1.29 is 19.0 Å². The molecule has 7 heteroatoms. The first-order valence-corrected chi connectivity index (χ1v) is 12.7. The van der Waals surface area contributed by atoms with Crippen molar-refractivity contribution in [1.82, 2.24) is 9.88 Å². The number of rotatable bonds is 3. The lowest BCUT2D eigenvalue weighted by Crippen LogP contribution is -2.41. The van der Waals surface area contributed by atoms with Gasteiger partial charge in [-0.15, -0.1) is 0 Å². The molecule has 188 valence electrons. The number of nitrogens with zero attached hydrogens (tertiary/aromatic N) is 2. The van der Waals surface area contributed by atoms with Crippen LogP contribution in [0.2, 0.25) is 0 Å². The summed E-state index contributed by atoms with van der Waals surface area (Å²) in [5, 5.41) is 2.94. The summed E-state index contributed by atoms with van der Waals surface area (Å²) >= 11 is 0. The van der Waals surface area contributed by atoms with E-state index in [1.165, 1.54) is 11.1 Å². The quantitative estimate of drug-likeness (QED) is 0.594. The van der Waals surface area contributed by atoms with Crippen LogP contribution in [-0.4, -0.2) is 61.4 Å². The second-order valence-corrected chi connectivity index (χ2v) is 9.28. The fourth-order valence-electron chi connectivity index (χ4n) is 4.87. The Kier molecular flexibility index (Phi) is 8.23. The Bertz CT molecular complexity index is 1150. The monoisotopic (exact) mass is 487 g/mol. The number of fused-ring (bicyclic) bond motifs is 3. The summed E-state index contributed by atoms with van der Waals surface area (Å²) < 4.78 is 17.6. The highest BCUT2D eigenvalue weighted by molar-refractivity contribution is 6.04. The average molecular weight is 488 g/mol. The minimum absolute atomic E-state index is 0.160. The number of nitrogens with one attached hydrogen (secondary N) is 1. The van der Waals surface area contributed by atoms with E-state index in [4.69, 9.17) is 14.2 Å². The van der Waals surface area contributed by atoms with Crippen LogP contribution in [0.5, 0.6) is 5.75 Å². The van der Waals surface area contributed by atoms with E-state index in [1.54, 1.807) is 24.5 Å². The standard InChI is InChI=1S/C29H33N3O4/c33-29(31-26-6-10-30-11-7-26)24-4-5-28-25(20-24)19-22-2-1-3-23(18-22)21-32(12-15-35-16-17-36-28)27-8-13-34-14-9-27/h1-7,10-11,18,20,27H,8-9,12-17,19,21H2,(H,30,31,33). The number of hydrogen-bond acceptors (Lipinski definition) is 6. The van der Waals surface area contributed by atoms with Crippen molar-refractivity contribution in [2.75, 3.05) is 44.9 Å². The number of benzene rings is 2. The lowest BCUT2D eigenvalue weighted by Gasteiger charge is -2.34. The summed E-state index contributed by atoms with van der Waals surface area (Å²) in [4.78, 5) is 19.5. The molecular weight excluding hydrogens is 454 g/mol. The predicted octanol–water partition coefficient (Wildman–Crippen LogP) is 4.31. The molecule has 0 unspecified atom stereocenters. The molecule has 1 N–H and O–H groups in total. The van der Waals surface area contributed by atoms with Crippen LogP contribution in [0, 0.1) is 0 Å². The van der Waals surface area contributed by atoms with Crippen LogP contribution >= 0.6 is 0 Å². The van der Waals surface area contributed by atoms with Crippen LogP contribution in [-0.2, 0) is 22.4 Å². The average Bonchev–Trinajstić information content (AvgIpc) is 2.91. The number of amides is 1. The molecule has 0 radical (unpaired) electrons. The zero-order chi connectivity index (χ0) is 24.6. The third-order valence-electron chi connectivity index (χ3n) is 6.75. The Morgan fingerprint density at radius 3 is 2.56 bits per heavy atom. The number of ether oxygens (including phenoxy) is 3. The van der Waals surface area contributed by atoms with E-state index >= 15 is 0 Å². The molecule has 1 fully saturated rings. The van der Waals surface area contributed by atoms with Gasteiger partial charge >= 0.3 is 0 Å². The maximum absolute atomic E-state index is 12.9. The Morgan fingerprint density at radius 1 is 0.889 bits per heavy atom. The highest BCUT2D eigenvalue weighted by Crippen LogP contribution is 2.26. The third-order valence-corrected chi connectivity index (χ3v) is 6.75.